The van der Waals surface area contributed by atoms with E-state index in [-0.39, 0.29) is 33.8 Å². The number of ether oxygens (including phenoxy) is 1. The Morgan fingerprint density at radius 1 is 1.19 bits per heavy atom. The lowest BCUT2D eigenvalue weighted by atomic mass is 10.1. The molecule has 2 N–H and O–H groups in total. The van der Waals surface area contributed by atoms with Crippen molar-refractivity contribution in [2.45, 2.75) is 12.9 Å². The van der Waals surface area contributed by atoms with Gasteiger partial charge in [-0.15, -0.1) is 13.2 Å². The maximum atomic E-state index is 13.2. The molecule has 0 aliphatic carbocycles. The van der Waals surface area contributed by atoms with E-state index in [1.54, 1.807) is 18.2 Å². The van der Waals surface area contributed by atoms with Crippen LogP contribution in [0.4, 0.5) is 18.9 Å². The Morgan fingerprint density at radius 3 is 2.58 bits per heavy atom. The predicted molar refractivity (Wildman–Crippen MR) is 124 cm³/mol. The molecule has 36 heavy (non-hydrogen) atoms. The number of rotatable bonds is 5. The number of nitrogens with one attached hydrogen (secondary N) is 1. The predicted octanol–water partition coefficient (Wildman–Crippen LogP) is 4.83. The van der Waals surface area contributed by atoms with Crippen LogP contribution in [-0.4, -0.2) is 26.9 Å². The number of hydrogen-bond acceptors (Lipinski definition) is 6. The summed E-state index contributed by atoms with van der Waals surface area (Å²) < 4.78 is 42.2. The number of nitrogens with zero attached hydrogens (tertiary/aromatic N) is 3. The zero-order chi connectivity index (χ0) is 26.0. The number of nitriles is 1. The quantitative estimate of drug-likeness (QED) is 0.394. The second-order valence-corrected chi connectivity index (χ2v) is 7.90. The lowest BCUT2D eigenvalue weighted by Gasteiger charge is -2.12. The lowest BCUT2D eigenvalue weighted by molar-refractivity contribution is -0.274. The summed E-state index contributed by atoms with van der Waals surface area (Å²) in [6.07, 6.45) is -3.53. The highest BCUT2D eigenvalue weighted by atomic mass is 35.5. The van der Waals surface area contributed by atoms with Gasteiger partial charge in [0.1, 0.15) is 11.8 Å². The molecule has 182 valence electrons. The van der Waals surface area contributed by atoms with Gasteiger partial charge in [0, 0.05) is 5.56 Å². The first-order valence-corrected chi connectivity index (χ1v) is 10.5. The minimum atomic E-state index is -4.82. The first kappa shape index (κ1) is 24.6. The van der Waals surface area contributed by atoms with Gasteiger partial charge in [-0.2, -0.15) is 5.26 Å². The van der Waals surface area contributed by atoms with Crippen molar-refractivity contribution in [2.75, 3.05) is 5.32 Å². The molecule has 12 heteroatoms. The lowest BCUT2D eigenvalue weighted by Crippen LogP contribution is -2.23. The van der Waals surface area contributed by atoms with E-state index in [1.807, 2.05) is 0 Å². The molecule has 0 radical (unpaired) electrons. The van der Waals surface area contributed by atoms with E-state index < -0.39 is 29.3 Å². The Labute approximate surface area is 205 Å². The number of phenolic OH excluding ortho intramolecular Hbond substituents is 1. The summed E-state index contributed by atoms with van der Waals surface area (Å²) in [5, 5.41) is 21.4. The molecule has 4 aromatic rings. The van der Waals surface area contributed by atoms with Gasteiger partial charge in [0.15, 0.2) is 5.75 Å². The molecular weight excluding hydrogens is 501 g/mol. The van der Waals surface area contributed by atoms with E-state index >= 15 is 0 Å². The zero-order valence-corrected chi connectivity index (χ0v) is 18.8. The van der Waals surface area contributed by atoms with Crippen molar-refractivity contribution in [1.82, 2.24) is 9.55 Å². The molecule has 0 atom stereocenters. The molecule has 0 spiro atoms. The van der Waals surface area contributed by atoms with E-state index in [9.17, 15) is 27.9 Å². The van der Waals surface area contributed by atoms with Gasteiger partial charge >= 0.3 is 6.36 Å². The molecule has 3 aromatic carbocycles. The molecule has 1 heterocycles. The summed E-state index contributed by atoms with van der Waals surface area (Å²) in [6.45, 7) is -0.00451. The number of aromatic nitrogens is 2. The Hall–Kier alpha value is -4.56. The summed E-state index contributed by atoms with van der Waals surface area (Å²) in [7, 11) is 0. The summed E-state index contributed by atoms with van der Waals surface area (Å²) >= 11 is 5.90. The normalized spacial score (nSPS) is 11.2. The number of aromatic hydroxyl groups is 1. The summed E-state index contributed by atoms with van der Waals surface area (Å²) in [6, 6.07) is 13.7. The molecule has 0 aliphatic rings. The fourth-order valence-electron chi connectivity index (χ4n) is 3.42. The van der Waals surface area contributed by atoms with Gasteiger partial charge in [0.05, 0.1) is 40.0 Å². The van der Waals surface area contributed by atoms with E-state index in [1.165, 1.54) is 35.2 Å². The highest BCUT2D eigenvalue weighted by Crippen LogP contribution is 2.29. The van der Waals surface area contributed by atoms with Crippen LogP contribution < -0.4 is 15.6 Å². The summed E-state index contributed by atoms with van der Waals surface area (Å²) in [5.41, 5.74) is 0.230. The van der Waals surface area contributed by atoms with Crippen molar-refractivity contribution in [3.05, 3.63) is 93.0 Å². The highest BCUT2D eigenvalue weighted by molar-refractivity contribution is 6.32. The Morgan fingerprint density at radius 2 is 1.92 bits per heavy atom. The van der Waals surface area contributed by atoms with Crippen molar-refractivity contribution in [3.8, 4) is 17.6 Å². The Bertz CT molecular complexity index is 1580. The number of alkyl halides is 3. The number of benzene rings is 3. The fraction of sp³-hybridized carbons (Fsp3) is 0.0833. The summed E-state index contributed by atoms with van der Waals surface area (Å²) in [5.74, 6) is -1.53. The minimum Gasteiger partial charge on any atom is -0.505 e. The molecule has 1 amide bonds. The topological polar surface area (TPSA) is 117 Å². The third kappa shape index (κ3) is 5.24. The number of amides is 1. The molecule has 0 bridgehead atoms. The van der Waals surface area contributed by atoms with Crippen LogP contribution in [0.1, 0.15) is 21.5 Å². The molecule has 0 saturated heterocycles. The van der Waals surface area contributed by atoms with E-state index in [0.29, 0.717) is 11.1 Å². The van der Waals surface area contributed by atoms with Crippen LogP contribution in [0.25, 0.3) is 10.9 Å². The number of halogens is 4. The van der Waals surface area contributed by atoms with Crippen molar-refractivity contribution >= 4 is 34.1 Å². The van der Waals surface area contributed by atoms with Gasteiger partial charge in [-0.3, -0.25) is 14.2 Å². The van der Waals surface area contributed by atoms with Crippen molar-refractivity contribution in [3.63, 3.8) is 0 Å². The smallest absolute Gasteiger partial charge is 0.505 e. The van der Waals surface area contributed by atoms with Crippen LogP contribution >= 0.6 is 11.6 Å². The standard InChI is InChI=1S/C24H14ClF3N4O4/c25-17-9-14(8-15(10-29)21(17)33)22(34)31-19-3-1-2-18-20(19)23(35)32(12-30-18)11-13-4-6-16(7-5-13)36-24(26,27)28/h1-9,12,33H,11H2,(H,31,34). The molecule has 0 unspecified atom stereocenters. The SMILES string of the molecule is N#Cc1cc(C(=O)Nc2cccc3ncn(Cc4ccc(OC(F)(F)F)cc4)c(=O)c23)cc(Cl)c1O. The van der Waals surface area contributed by atoms with Crippen LogP contribution in [-0.2, 0) is 6.54 Å². The maximum absolute atomic E-state index is 13.2. The first-order valence-electron chi connectivity index (χ1n) is 10.1. The van der Waals surface area contributed by atoms with Gasteiger partial charge < -0.3 is 15.2 Å². The number of fused-ring (bicyclic) bond motifs is 1. The monoisotopic (exact) mass is 514 g/mol. The van der Waals surface area contributed by atoms with Crippen LogP contribution in [0.15, 0.2) is 65.7 Å². The number of anilines is 1. The third-order valence-corrected chi connectivity index (χ3v) is 5.35. The zero-order valence-electron chi connectivity index (χ0n) is 18.0. The maximum Gasteiger partial charge on any atom is 0.573 e. The van der Waals surface area contributed by atoms with Crippen molar-refractivity contribution in [2.24, 2.45) is 0 Å². The molecule has 4 rings (SSSR count). The molecule has 8 nitrogen and oxygen atoms in total. The third-order valence-electron chi connectivity index (χ3n) is 5.06. The van der Waals surface area contributed by atoms with E-state index in [4.69, 9.17) is 16.9 Å². The van der Waals surface area contributed by atoms with Gasteiger partial charge in [0.25, 0.3) is 11.5 Å². The number of carbonyl (C=O) groups is 1. The fourth-order valence-corrected chi connectivity index (χ4v) is 3.64. The molecule has 0 fully saturated rings. The van der Waals surface area contributed by atoms with E-state index in [0.717, 1.165) is 18.2 Å². The van der Waals surface area contributed by atoms with Gasteiger partial charge in [-0.05, 0) is 42.0 Å². The number of hydrogen-bond donors (Lipinski definition) is 2. The summed E-state index contributed by atoms with van der Waals surface area (Å²) in [4.78, 5) is 30.3. The number of phenols is 1. The molecule has 0 aliphatic heterocycles. The first-order chi connectivity index (χ1) is 17.1. The molecular formula is C24H14ClF3N4O4. The second kappa shape index (κ2) is 9.59. The van der Waals surface area contributed by atoms with Gasteiger partial charge in [-0.1, -0.05) is 29.8 Å². The Kier molecular flexibility index (Phi) is 6.55. The van der Waals surface area contributed by atoms with E-state index in [2.05, 4.69) is 15.0 Å². The van der Waals surface area contributed by atoms with Crippen LogP contribution in [0.2, 0.25) is 5.02 Å². The van der Waals surface area contributed by atoms with Crippen LogP contribution in [0.3, 0.4) is 0 Å². The molecule has 1 aromatic heterocycles. The van der Waals surface area contributed by atoms with Gasteiger partial charge in [0.2, 0.25) is 0 Å². The van der Waals surface area contributed by atoms with Crippen molar-refractivity contribution < 1.29 is 27.8 Å². The minimum absolute atomic E-state index is 0.00451. The van der Waals surface area contributed by atoms with Gasteiger partial charge in [-0.25, -0.2) is 4.98 Å². The average Bonchev–Trinajstić information content (AvgIpc) is 2.82. The average molecular weight is 515 g/mol. The van der Waals surface area contributed by atoms with Crippen LogP contribution in [0, 0.1) is 11.3 Å². The Balaban J connectivity index is 1.65. The number of carbonyl (C=O) groups excluding carboxylic acids is 1. The highest BCUT2D eigenvalue weighted by Gasteiger charge is 2.31. The molecule has 0 saturated carbocycles. The van der Waals surface area contributed by atoms with Crippen molar-refractivity contribution in [1.29, 1.82) is 5.26 Å². The largest absolute Gasteiger partial charge is 0.573 e. The second-order valence-electron chi connectivity index (χ2n) is 7.49. The van der Waals surface area contributed by atoms with Crippen LogP contribution in [0.5, 0.6) is 11.5 Å².